The van der Waals surface area contributed by atoms with Gasteiger partial charge in [-0.2, -0.15) is 0 Å². The molecule has 0 aromatic carbocycles. The van der Waals surface area contributed by atoms with E-state index in [4.69, 9.17) is 4.74 Å². The van der Waals surface area contributed by atoms with Crippen molar-refractivity contribution < 1.29 is 4.74 Å². The molecule has 0 spiro atoms. The Morgan fingerprint density at radius 2 is 2.00 bits per heavy atom. The van der Waals surface area contributed by atoms with Crippen molar-refractivity contribution in [2.45, 2.75) is 57.1 Å². The topological polar surface area (TPSA) is 21.3 Å². The summed E-state index contributed by atoms with van der Waals surface area (Å²) < 4.78 is 6.08. The van der Waals surface area contributed by atoms with Crippen LogP contribution < -0.4 is 5.32 Å². The third-order valence-electron chi connectivity index (χ3n) is 3.85. The molecule has 0 amide bonds. The van der Waals surface area contributed by atoms with Crippen molar-refractivity contribution in [1.29, 1.82) is 0 Å². The van der Waals surface area contributed by atoms with Gasteiger partial charge in [0, 0.05) is 12.6 Å². The first-order valence-electron chi connectivity index (χ1n) is 6.13. The molecule has 0 radical (unpaired) electrons. The lowest BCUT2D eigenvalue weighted by atomic mass is 9.88. The van der Waals surface area contributed by atoms with Crippen LogP contribution in [0.15, 0.2) is 0 Å². The fourth-order valence-corrected chi connectivity index (χ4v) is 3.16. The Hall–Kier alpha value is -0.0800. The number of hydrogen-bond acceptors (Lipinski definition) is 2. The second-order valence-electron chi connectivity index (χ2n) is 4.81. The van der Waals surface area contributed by atoms with Crippen molar-refractivity contribution in [2.75, 3.05) is 13.7 Å². The highest BCUT2D eigenvalue weighted by Crippen LogP contribution is 2.45. The first kappa shape index (κ1) is 10.4. The van der Waals surface area contributed by atoms with E-state index in [0.717, 1.165) is 12.5 Å². The maximum atomic E-state index is 6.08. The molecule has 1 N–H and O–H groups in total. The van der Waals surface area contributed by atoms with Gasteiger partial charge in [0.2, 0.25) is 0 Å². The summed E-state index contributed by atoms with van der Waals surface area (Å²) in [6.45, 7) is 2.99. The van der Waals surface area contributed by atoms with E-state index in [1.165, 1.54) is 38.5 Å². The maximum absolute atomic E-state index is 6.08. The van der Waals surface area contributed by atoms with Crippen molar-refractivity contribution in [2.24, 2.45) is 5.92 Å². The lowest BCUT2D eigenvalue weighted by Gasteiger charge is -2.37. The summed E-state index contributed by atoms with van der Waals surface area (Å²) in [7, 11) is 2.10. The Morgan fingerprint density at radius 3 is 2.43 bits per heavy atom. The molecule has 2 aliphatic rings. The fourth-order valence-electron chi connectivity index (χ4n) is 3.16. The minimum absolute atomic E-state index is 0.185. The maximum Gasteiger partial charge on any atom is 0.0837 e. The molecule has 0 bridgehead atoms. The molecular weight excluding hydrogens is 174 g/mol. The number of ether oxygens (including phenoxy) is 1. The van der Waals surface area contributed by atoms with Crippen LogP contribution in [0.25, 0.3) is 0 Å². The minimum atomic E-state index is 0.185. The monoisotopic (exact) mass is 197 g/mol. The molecule has 82 valence electrons. The van der Waals surface area contributed by atoms with Gasteiger partial charge in [0.05, 0.1) is 5.60 Å². The molecule has 2 fully saturated rings. The van der Waals surface area contributed by atoms with Gasteiger partial charge >= 0.3 is 0 Å². The predicted octanol–water partition coefficient (Wildman–Crippen LogP) is 2.33. The van der Waals surface area contributed by atoms with E-state index in [1.54, 1.807) is 0 Å². The lowest BCUT2D eigenvalue weighted by molar-refractivity contribution is -0.0649. The summed E-state index contributed by atoms with van der Waals surface area (Å²) in [4.78, 5) is 0. The van der Waals surface area contributed by atoms with Gasteiger partial charge in [-0.05, 0) is 45.6 Å². The second-order valence-corrected chi connectivity index (χ2v) is 4.81. The van der Waals surface area contributed by atoms with Crippen LogP contribution in [0.1, 0.15) is 45.4 Å². The van der Waals surface area contributed by atoms with Crippen molar-refractivity contribution in [3.63, 3.8) is 0 Å². The summed E-state index contributed by atoms with van der Waals surface area (Å²) in [5, 5.41) is 3.51. The van der Waals surface area contributed by atoms with Crippen LogP contribution >= 0.6 is 0 Å². The standard InChI is InChI=1S/C12H23NO/c1-3-14-12(8-4-5-9-12)11(13-2)10-6-7-10/h10-11,13H,3-9H2,1-2H3. The molecule has 2 aliphatic carbocycles. The van der Waals surface area contributed by atoms with Crippen LogP contribution in [0.4, 0.5) is 0 Å². The summed E-state index contributed by atoms with van der Waals surface area (Å²) in [5.74, 6) is 0.893. The van der Waals surface area contributed by atoms with Gasteiger partial charge in [0.1, 0.15) is 0 Å². The van der Waals surface area contributed by atoms with E-state index >= 15 is 0 Å². The Bertz CT molecular complexity index is 183. The smallest absolute Gasteiger partial charge is 0.0837 e. The molecule has 2 heteroatoms. The van der Waals surface area contributed by atoms with Crippen molar-refractivity contribution >= 4 is 0 Å². The average molecular weight is 197 g/mol. The zero-order valence-corrected chi connectivity index (χ0v) is 9.51. The molecule has 0 aromatic rings. The molecule has 2 nitrogen and oxygen atoms in total. The number of likely N-dealkylation sites (N-methyl/N-ethyl adjacent to an activating group) is 1. The molecule has 0 aliphatic heterocycles. The largest absolute Gasteiger partial charge is 0.374 e. The molecule has 1 atom stereocenters. The Labute approximate surface area is 87.4 Å². The summed E-state index contributed by atoms with van der Waals surface area (Å²) in [6.07, 6.45) is 8.04. The Morgan fingerprint density at radius 1 is 1.36 bits per heavy atom. The van der Waals surface area contributed by atoms with E-state index in [2.05, 4.69) is 19.3 Å². The van der Waals surface area contributed by atoms with Crippen LogP contribution in [0.5, 0.6) is 0 Å². The fraction of sp³-hybridized carbons (Fsp3) is 1.00. The zero-order chi connectivity index (χ0) is 10.0. The van der Waals surface area contributed by atoms with E-state index < -0.39 is 0 Å². The van der Waals surface area contributed by atoms with Crippen LogP contribution in [0, 0.1) is 5.92 Å². The van der Waals surface area contributed by atoms with Crippen LogP contribution in [-0.4, -0.2) is 25.3 Å². The molecule has 2 rings (SSSR count). The molecular formula is C12H23NO. The lowest BCUT2D eigenvalue weighted by Crippen LogP contribution is -2.51. The highest BCUT2D eigenvalue weighted by molar-refractivity contribution is 5.03. The first-order valence-corrected chi connectivity index (χ1v) is 6.13. The van der Waals surface area contributed by atoms with Gasteiger partial charge in [0.25, 0.3) is 0 Å². The van der Waals surface area contributed by atoms with Crippen LogP contribution in [0.3, 0.4) is 0 Å². The third kappa shape index (κ3) is 1.82. The van der Waals surface area contributed by atoms with Gasteiger partial charge in [0.15, 0.2) is 0 Å². The van der Waals surface area contributed by atoms with E-state index in [0.29, 0.717) is 6.04 Å². The number of rotatable bonds is 5. The van der Waals surface area contributed by atoms with E-state index in [9.17, 15) is 0 Å². The predicted molar refractivity (Wildman–Crippen MR) is 58.4 cm³/mol. The van der Waals surface area contributed by atoms with Gasteiger partial charge in [-0.25, -0.2) is 0 Å². The van der Waals surface area contributed by atoms with E-state index in [1.807, 2.05) is 0 Å². The Balaban J connectivity index is 2.06. The van der Waals surface area contributed by atoms with E-state index in [-0.39, 0.29) is 5.60 Å². The SMILES string of the molecule is CCOC1(C(NC)C2CC2)CCCC1. The van der Waals surface area contributed by atoms with Crippen molar-refractivity contribution in [3.8, 4) is 0 Å². The molecule has 0 aromatic heterocycles. The molecule has 2 saturated carbocycles. The normalized spacial score (nSPS) is 27.9. The molecule has 1 unspecified atom stereocenters. The first-order chi connectivity index (χ1) is 6.82. The van der Waals surface area contributed by atoms with Crippen LogP contribution in [0.2, 0.25) is 0 Å². The summed E-state index contributed by atoms with van der Waals surface area (Å²) in [6, 6.07) is 0.616. The minimum Gasteiger partial charge on any atom is -0.374 e. The highest BCUT2D eigenvalue weighted by atomic mass is 16.5. The Kier molecular flexibility index (Phi) is 3.13. The van der Waals surface area contributed by atoms with Gasteiger partial charge in [-0.3, -0.25) is 0 Å². The summed E-state index contributed by atoms with van der Waals surface area (Å²) >= 11 is 0. The van der Waals surface area contributed by atoms with Crippen molar-refractivity contribution in [1.82, 2.24) is 5.32 Å². The molecule has 0 saturated heterocycles. The number of nitrogens with one attached hydrogen (secondary N) is 1. The third-order valence-corrected chi connectivity index (χ3v) is 3.85. The second kappa shape index (κ2) is 4.19. The van der Waals surface area contributed by atoms with Gasteiger partial charge in [-0.1, -0.05) is 12.8 Å². The average Bonchev–Trinajstić information content (AvgIpc) is 2.89. The molecule has 0 heterocycles. The zero-order valence-electron chi connectivity index (χ0n) is 9.51. The number of hydrogen-bond donors (Lipinski definition) is 1. The quantitative estimate of drug-likeness (QED) is 0.730. The molecule has 14 heavy (non-hydrogen) atoms. The van der Waals surface area contributed by atoms with Gasteiger partial charge in [-0.15, -0.1) is 0 Å². The summed E-state index contributed by atoms with van der Waals surface area (Å²) in [5.41, 5.74) is 0.185. The van der Waals surface area contributed by atoms with Gasteiger partial charge < -0.3 is 10.1 Å². The van der Waals surface area contributed by atoms with Crippen molar-refractivity contribution in [3.05, 3.63) is 0 Å². The van der Waals surface area contributed by atoms with Crippen LogP contribution in [-0.2, 0) is 4.74 Å². The highest BCUT2D eigenvalue weighted by Gasteiger charge is 2.48.